The molecule has 0 saturated heterocycles. The van der Waals surface area contributed by atoms with Crippen LogP contribution < -0.4 is 21.2 Å². The molecule has 4 aromatic rings. The Morgan fingerprint density at radius 2 is 1.10 bits per heavy atom. The van der Waals surface area contributed by atoms with Crippen molar-refractivity contribution in [2.45, 2.75) is 26.5 Å². The summed E-state index contributed by atoms with van der Waals surface area (Å²) in [6.07, 6.45) is -0.754. The van der Waals surface area contributed by atoms with Gasteiger partial charge in [-0.3, -0.25) is 4.79 Å². The highest BCUT2D eigenvalue weighted by molar-refractivity contribution is 7.97. The summed E-state index contributed by atoms with van der Waals surface area (Å²) in [4.78, 5) is 40.9. The number of rotatable bonds is 10. The molecule has 0 fully saturated rings. The molecule has 0 bridgehead atoms. The van der Waals surface area contributed by atoms with Crippen LogP contribution in [0.1, 0.15) is 19.4 Å². The molecule has 4 rings (SSSR count). The largest absolute Gasteiger partial charge is 0.462 e. The van der Waals surface area contributed by atoms with Crippen LogP contribution in [0.3, 0.4) is 0 Å². The first-order valence-corrected chi connectivity index (χ1v) is 14.9. The average Bonchev–Trinajstić information content (AvgIpc) is 3.00. The van der Waals surface area contributed by atoms with Gasteiger partial charge in [0.15, 0.2) is 5.78 Å². The molecule has 40 heavy (non-hydrogen) atoms. The molecule has 0 radical (unpaired) electrons. The first-order valence-electron chi connectivity index (χ1n) is 13.1. The van der Waals surface area contributed by atoms with Crippen molar-refractivity contribution >= 4 is 45.9 Å². The third kappa shape index (κ3) is 6.24. The highest BCUT2D eigenvalue weighted by atomic mass is 31.2. The summed E-state index contributed by atoms with van der Waals surface area (Å²) in [5, 5.41) is 5.11. The molecule has 0 aliphatic heterocycles. The third-order valence-electron chi connectivity index (χ3n) is 6.41. The summed E-state index contributed by atoms with van der Waals surface area (Å²) in [5.41, 5.74) is 0.817. The molecule has 1 N–H and O–H groups in total. The molecule has 0 aliphatic carbocycles. The van der Waals surface area contributed by atoms with Crippen molar-refractivity contribution in [1.29, 1.82) is 0 Å². The second-order valence-corrected chi connectivity index (χ2v) is 12.4. The Kier molecular flexibility index (Phi) is 9.71. The van der Waals surface area contributed by atoms with Crippen LogP contribution in [0.2, 0.25) is 0 Å². The minimum atomic E-state index is -3.07. The molecule has 0 saturated carbocycles. The molecule has 204 valence electrons. The number of ketones is 1. The molecule has 0 unspecified atom stereocenters. The fourth-order valence-corrected chi connectivity index (χ4v) is 8.99. The van der Waals surface area contributed by atoms with Gasteiger partial charge in [0.25, 0.3) is 0 Å². The van der Waals surface area contributed by atoms with Gasteiger partial charge in [-0.25, -0.2) is 9.59 Å². The van der Waals surface area contributed by atoms with Gasteiger partial charge < -0.3 is 14.8 Å². The number of carbonyl (C=O) groups excluding carboxylic acids is 3. The Morgan fingerprint density at radius 3 is 1.52 bits per heavy atom. The molecule has 1 amide bonds. The highest BCUT2D eigenvalue weighted by Gasteiger charge is 2.39. The highest BCUT2D eigenvalue weighted by Crippen LogP contribution is 2.46. The maximum atomic E-state index is 14.4. The van der Waals surface area contributed by atoms with Gasteiger partial charge in [-0.2, -0.15) is 0 Å². The van der Waals surface area contributed by atoms with E-state index in [1.807, 2.05) is 121 Å². The van der Waals surface area contributed by atoms with Crippen LogP contribution in [0, 0.1) is 0 Å². The number of alkyl carbamates (subject to hydrolysis) is 1. The Hall–Kier alpha value is -4.41. The molecule has 4 aromatic carbocycles. The van der Waals surface area contributed by atoms with E-state index in [2.05, 4.69) is 5.32 Å². The SMILES string of the molecule is CCOC(=O)C(C(=O)[C@H](C)NC(=O)OCc1ccccc1)=P(c1ccccc1)(c1ccccc1)c1ccccc1. The van der Waals surface area contributed by atoms with E-state index in [0.717, 1.165) is 21.5 Å². The molecule has 0 aromatic heterocycles. The van der Waals surface area contributed by atoms with Crippen molar-refractivity contribution in [2.75, 3.05) is 6.61 Å². The first kappa shape index (κ1) is 28.6. The van der Waals surface area contributed by atoms with E-state index in [-0.39, 0.29) is 18.5 Å². The van der Waals surface area contributed by atoms with Crippen LogP contribution in [-0.4, -0.2) is 35.8 Å². The number of benzene rings is 4. The predicted octanol–water partition coefficient (Wildman–Crippen LogP) is 4.60. The number of hydrogen-bond donors (Lipinski definition) is 1. The predicted molar refractivity (Wildman–Crippen MR) is 161 cm³/mol. The molecule has 0 aliphatic rings. The van der Waals surface area contributed by atoms with Gasteiger partial charge in [0.1, 0.15) is 11.9 Å². The van der Waals surface area contributed by atoms with Crippen LogP contribution in [0.15, 0.2) is 121 Å². The summed E-state index contributed by atoms with van der Waals surface area (Å²) >= 11 is 0. The number of hydrogen-bond acceptors (Lipinski definition) is 5. The summed E-state index contributed by atoms with van der Waals surface area (Å²) in [6.45, 7) is 0.341. The number of carbonyl (C=O) groups is 3. The Bertz CT molecular complexity index is 1390. The van der Waals surface area contributed by atoms with Gasteiger partial charge in [-0.15, -0.1) is 0 Å². The van der Waals surface area contributed by atoms with Gasteiger partial charge >= 0.3 is 12.1 Å². The minimum absolute atomic E-state index is 0.00816. The summed E-state index contributed by atoms with van der Waals surface area (Å²) in [5.74, 6) is -1.23. The first-order chi connectivity index (χ1) is 19.5. The zero-order valence-corrected chi connectivity index (χ0v) is 23.4. The average molecular weight is 554 g/mol. The normalized spacial score (nSPS) is 11.7. The molecular weight excluding hydrogens is 521 g/mol. The lowest BCUT2D eigenvalue weighted by Gasteiger charge is -2.32. The lowest BCUT2D eigenvalue weighted by molar-refractivity contribution is -0.135. The Balaban J connectivity index is 1.89. The van der Waals surface area contributed by atoms with Gasteiger partial charge in [0, 0.05) is 0 Å². The Labute approximate surface area is 234 Å². The van der Waals surface area contributed by atoms with Crippen LogP contribution in [0.25, 0.3) is 0 Å². The monoisotopic (exact) mass is 553 g/mol. The zero-order valence-electron chi connectivity index (χ0n) is 22.5. The van der Waals surface area contributed by atoms with Crippen molar-refractivity contribution in [3.63, 3.8) is 0 Å². The number of esters is 1. The van der Waals surface area contributed by atoms with E-state index < -0.39 is 30.8 Å². The van der Waals surface area contributed by atoms with E-state index in [0.29, 0.717) is 0 Å². The second-order valence-electron chi connectivity index (χ2n) is 9.04. The summed E-state index contributed by atoms with van der Waals surface area (Å²) in [6, 6.07) is 36.9. The molecule has 0 heterocycles. The van der Waals surface area contributed by atoms with Crippen LogP contribution in [0.4, 0.5) is 4.79 Å². The summed E-state index contributed by atoms with van der Waals surface area (Å²) < 4.78 is 10.9. The number of amides is 1. The van der Waals surface area contributed by atoms with Gasteiger partial charge in [-0.1, -0.05) is 121 Å². The van der Waals surface area contributed by atoms with Gasteiger partial charge in [-0.05, 0) is 42.2 Å². The van der Waals surface area contributed by atoms with E-state index in [1.165, 1.54) is 0 Å². The van der Waals surface area contributed by atoms with E-state index in [9.17, 15) is 14.4 Å². The topological polar surface area (TPSA) is 81.7 Å². The van der Waals surface area contributed by atoms with Crippen molar-refractivity contribution in [2.24, 2.45) is 0 Å². The smallest absolute Gasteiger partial charge is 0.408 e. The zero-order chi connectivity index (χ0) is 28.4. The molecule has 7 heteroatoms. The number of Topliss-reactive ketones (excluding diaryl/α,β-unsaturated/α-hetero) is 1. The van der Waals surface area contributed by atoms with Crippen LogP contribution in [0.5, 0.6) is 0 Å². The van der Waals surface area contributed by atoms with Crippen molar-refractivity contribution in [3.8, 4) is 0 Å². The third-order valence-corrected chi connectivity index (χ3v) is 10.7. The van der Waals surface area contributed by atoms with E-state index in [4.69, 9.17) is 9.47 Å². The van der Waals surface area contributed by atoms with Crippen LogP contribution in [-0.2, 0) is 25.7 Å². The van der Waals surface area contributed by atoms with Crippen molar-refractivity contribution in [1.82, 2.24) is 5.32 Å². The van der Waals surface area contributed by atoms with E-state index >= 15 is 0 Å². The molecule has 6 nitrogen and oxygen atoms in total. The number of nitrogens with one attached hydrogen (secondary N) is 1. The lowest BCUT2D eigenvalue weighted by Crippen LogP contribution is -2.47. The lowest BCUT2D eigenvalue weighted by atomic mass is 10.1. The van der Waals surface area contributed by atoms with Crippen molar-refractivity contribution < 1.29 is 23.9 Å². The summed E-state index contributed by atoms with van der Waals surface area (Å²) in [7, 11) is 0. The second kappa shape index (κ2) is 13.6. The maximum absolute atomic E-state index is 14.4. The van der Waals surface area contributed by atoms with Gasteiger partial charge in [0.05, 0.1) is 12.6 Å². The van der Waals surface area contributed by atoms with Crippen molar-refractivity contribution in [3.05, 3.63) is 127 Å². The molecule has 0 spiro atoms. The van der Waals surface area contributed by atoms with Gasteiger partial charge in [0.2, 0.25) is 0 Å². The molecular formula is C33H32NO5P. The van der Waals surface area contributed by atoms with Crippen LogP contribution >= 0.6 is 6.89 Å². The fourth-order valence-electron chi connectivity index (χ4n) is 4.60. The molecule has 1 atom stereocenters. The standard InChI is InChI=1S/C33H32NO5P/c1-3-38-32(36)31(30(35)25(2)34-33(37)39-24-26-16-8-4-9-17-26)40(27-18-10-5-11-19-27,28-20-12-6-13-21-28)29-22-14-7-15-23-29/h4-23,25H,3,24H2,1-2H3,(H,34,37)/t25-/m0/s1. The minimum Gasteiger partial charge on any atom is -0.462 e. The number of ether oxygens (including phenoxy) is 2. The Morgan fingerprint density at radius 1 is 0.675 bits per heavy atom. The maximum Gasteiger partial charge on any atom is 0.408 e. The van der Waals surface area contributed by atoms with E-state index in [1.54, 1.807) is 13.8 Å². The fraction of sp³-hybridized carbons (Fsp3) is 0.152. The quantitative estimate of drug-likeness (QED) is 0.176.